The molecular formula is C16H28IN2O-. The molecule has 3 nitrogen and oxygen atoms in total. The molecule has 3 fully saturated rings. The van der Waals surface area contributed by atoms with Crippen LogP contribution in [-0.2, 0) is 0 Å². The standard InChI is InChI=1S/C16H28N2O.HI/c1-9-6-12-11-5-4-10(11)7-15(18-19)13(12)8-14(9)16(2,3)17;/h9-14,18H,4-8,17H2,1-3H3;1H/p-1/b18-15-;. The van der Waals surface area contributed by atoms with Crippen molar-refractivity contribution in [1.82, 2.24) is 0 Å². The number of hydrogen-bond acceptors (Lipinski definition) is 2. The lowest BCUT2D eigenvalue weighted by Gasteiger charge is -2.54. The quantitative estimate of drug-likeness (QED) is 0.323. The van der Waals surface area contributed by atoms with Crippen LogP contribution in [0.25, 0.3) is 0 Å². The van der Waals surface area contributed by atoms with E-state index in [-0.39, 0.29) is 29.5 Å². The minimum atomic E-state index is -0.130. The highest BCUT2D eigenvalue weighted by atomic mass is 127. The molecule has 0 aliphatic heterocycles. The van der Waals surface area contributed by atoms with E-state index in [0.717, 1.165) is 36.3 Å². The summed E-state index contributed by atoms with van der Waals surface area (Å²) < 4.78 is 0. The Bertz CT molecular complexity index is 390. The van der Waals surface area contributed by atoms with Crippen molar-refractivity contribution in [2.45, 2.75) is 58.4 Å². The van der Waals surface area contributed by atoms with Gasteiger partial charge in [-0.15, -0.1) is 0 Å². The third-order valence-electron chi connectivity index (χ3n) is 6.40. The first kappa shape index (κ1) is 16.5. The van der Waals surface area contributed by atoms with Gasteiger partial charge in [-0.05, 0) is 69.1 Å². The Morgan fingerprint density at radius 1 is 1.20 bits per heavy atom. The van der Waals surface area contributed by atoms with Gasteiger partial charge in [0.1, 0.15) is 0 Å². The van der Waals surface area contributed by atoms with Crippen LogP contribution in [0.4, 0.5) is 0 Å². The van der Waals surface area contributed by atoms with Crippen molar-refractivity contribution in [2.75, 3.05) is 0 Å². The molecule has 3 N–H and O–H groups in total. The Kier molecular flexibility index (Phi) is 4.75. The molecule has 3 aliphatic carbocycles. The van der Waals surface area contributed by atoms with Crippen molar-refractivity contribution in [1.29, 1.82) is 0 Å². The third kappa shape index (κ3) is 2.62. The average molecular weight is 391 g/mol. The molecule has 20 heavy (non-hydrogen) atoms. The molecule has 116 valence electrons. The van der Waals surface area contributed by atoms with E-state index in [1.165, 1.54) is 19.3 Å². The number of nitrogens with two attached hydrogens (primary N) is 1. The molecule has 3 saturated carbocycles. The van der Waals surface area contributed by atoms with Crippen molar-refractivity contribution in [2.24, 2.45) is 41.2 Å². The summed E-state index contributed by atoms with van der Waals surface area (Å²) in [5.41, 5.74) is 7.34. The second kappa shape index (κ2) is 5.75. The van der Waals surface area contributed by atoms with Gasteiger partial charge in [-0.25, -0.2) is 5.16 Å². The van der Waals surface area contributed by atoms with Gasteiger partial charge in [-0.2, -0.15) is 0 Å². The lowest BCUT2D eigenvalue weighted by molar-refractivity contribution is -0.382. The molecular weight excluding hydrogens is 363 g/mol. The fraction of sp³-hybridized carbons (Fsp3) is 0.938. The largest absolute Gasteiger partial charge is 1.00 e. The highest BCUT2D eigenvalue weighted by molar-refractivity contribution is 5.83. The van der Waals surface area contributed by atoms with Crippen LogP contribution in [0.15, 0.2) is 0 Å². The lowest BCUT2D eigenvalue weighted by Crippen LogP contribution is -3.00. The van der Waals surface area contributed by atoms with E-state index in [4.69, 9.17) is 5.73 Å². The van der Waals surface area contributed by atoms with Crippen LogP contribution in [0.3, 0.4) is 0 Å². The first-order valence-corrected chi connectivity index (χ1v) is 7.94. The first-order valence-electron chi connectivity index (χ1n) is 7.94. The summed E-state index contributed by atoms with van der Waals surface area (Å²) in [6.45, 7) is 6.66. The van der Waals surface area contributed by atoms with Crippen LogP contribution in [0.5, 0.6) is 0 Å². The molecule has 0 radical (unpaired) electrons. The molecule has 0 aromatic rings. The lowest BCUT2D eigenvalue weighted by atomic mass is 9.50. The van der Waals surface area contributed by atoms with Gasteiger partial charge in [-0.1, -0.05) is 6.92 Å². The molecule has 4 heteroatoms. The summed E-state index contributed by atoms with van der Waals surface area (Å²) in [5.74, 6) is 4.15. The normalized spacial score (nSPS) is 45.9. The molecule has 6 unspecified atom stereocenters. The smallest absolute Gasteiger partial charge is 0.165 e. The second-order valence-electron chi connectivity index (χ2n) is 7.98. The van der Waals surface area contributed by atoms with E-state index in [1.807, 2.05) is 0 Å². The van der Waals surface area contributed by atoms with E-state index < -0.39 is 0 Å². The van der Waals surface area contributed by atoms with E-state index in [0.29, 0.717) is 17.8 Å². The summed E-state index contributed by atoms with van der Waals surface area (Å²) >= 11 is 0. The average Bonchev–Trinajstić information content (AvgIpc) is 2.27. The molecule has 3 rings (SSSR count). The minimum Gasteiger partial charge on any atom is -1.00 e. The van der Waals surface area contributed by atoms with Gasteiger partial charge in [0.05, 0.1) is 0 Å². The SMILES string of the molecule is CC1CC2C(CC1C(C)(C)N)/C(=[NH+]\[O-])CC1CCC12.[I-]. The van der Waals surface area contributed by atoms with Gasteiger partial charge in [0, 0.05) is 17.9 Å². The van der Waals surface area contributed by atoms with Crippen LogP contribution in [-0.4, -0.2) is 11.3 Å². The highest BCUT2D eigenvalue weighted by Crippen LogP contribution is 2.56. The zero-order chi connectivity index (χ0) is 13.8. The molecule has 0 bridgehead atoms. The van der Waals surface area contributed by atoms with Crippen LogP contribution >= 0.6 is 0 Å². The highest BCUT2D eigenvalue weighted by Gasteiger charge is 2.53. The summed E-state index contributed by atoms with van der Waals surface area (Å²) in [6.07, 6.45) is 6.13. The van der Waals surface area contributed by atoms with Gasteiger partial charge in [-0.3, -0.25) is 0 Å². The summed E-state index contributed by atoms with van der Waals surface area (Å²) in [6, 6.07) is 0. The van der Waals surface area contributed by atoms with Crippen molar-refractivity contribution in [3.8, 4) is 0 Å². The Labute approximate surface area is 139 Å². The molecule has 0 aromatic carbocycles. The summed E-state index contributed by atoms with van der Waals surface area (Å²) in [4.78, 5) is 0. The van der Waals surface area contributed by atoms with E-state index in [1.54, 1.807) is 0 Å². The Hall–Kier alpha value is 0.160. The van der Waals surface area contributed by atoms with Gasteiger partial charge in [0.2, 0.25) is 0 Å². The van der Waals surface area contributed by atoms with Gasteiger partial charge >= 0.3 is 0 Å². The van der Waals surface area contributed by atoms with Gasteiger partial charge in [0.25, 0.3) is 0 Å². The minimum absolute atomic E-state index is 0. The van der Waals surface area contributed by atoms with Crippen LogP contribution in [0.2, 0.25) is 0 Å². The first-order chi connectivity index (χ1) is 8.91. The van der Waals surface area contributed by atoms with Crippen LogP contribution < -0.4 is 34.9 Å². The van der Waals surface area contributed by atoms with Crippen molar-refractivity contribution >= 4 is 5.71 Å². The molecule has 0 amide bonds. The number of rotatable bonds is 1. The molecule has 3 aliphatic rings. The van der Waals surface area contributed by atoms with Crippen molar-refractivity contribution in [3.05, 3.63) is 5.21 Å². The number of fused-ring (bicyclic) bond motifs is 3. The van der Waals surface area contributed by atoms with E-state index >= 15 is 0 Å². The molecule has 0 aromatic heterocycles. The Balaban J connectivity index is 0.00000147. The van der Waals surface area contributed by atoms with Crippen molar-refractivity contribution in [3.63, 3.8) is 0 Å². The van der Waals surface area contributed by atoms with Gasteiger partial charge in [0.15, 0.2) is 5.71 Å². The van der Waals surface area contributed by atoms with Gasteiger partial charge < -0.3 is 34.9 Å². The maximum absolute atomic E-state index is 11.3. The predicted molar refractivity (Wildman–Crippen MR) is 77.3 cm³/mol. The maximum Gasteiger partial charge on any atom is 0.165 e. The zero-order valence-corrected chi connectivity index (χ0v) is 15.0. The number of hydrogen-bond donors (Lipinski definition) is 2. The topological polar surface area (TPSA) is 63.0 Å². The fourth-order valence-corrected chi connectivity index (χ4v) is 5.31. The van der Waals surface area contributed by atoms with Crippen LogP contribution in [0, 0.1) is 40.7 Å². The number of halogens is 1. The molecule has 6 atom stereocenters. The molecule has 0 spiro atoms. The summed E-state index contributed by atoms with van der Waals surface area (Å²) in [7, 11) is 0. The molecule has 0 saturated heterocycles. The summed E-state index contributed by atoms with van der Waals surface area (Å²) in [5, 5.41) is 13.6. The van der Waals surface area contributed by atoms with E-state index in [9.17, 15) is 5.21 Å². The van der Waals surface area contributed by atoms with E-state index in [2.05, 4.69) is 25.9 Å². The fourth-order valence-electron chi connectivity index (χ4n) is 5.31. The maximum atomic E-state index is 11.3. The monoisotopic (exact) mass is 391 g/mol. The Morgan fingerprint density at radius 2 is 1.90 bits per heavy atom. The third-order valence-corrected chi connectivity index (χ3v) is 6.40. The van der Waals surface area contributed by atoms with Crippen molar-refractivity contribution < 1.29 is 29.1 Å². The second-order valence-corrected chi connectivity index (χ2v) is 7.98. The van der Waals surface area contributed by atoms with Crippen LogP contribution in [0.1, 0.15) is 52.9 Å². The predicted octanol–water partition coefficient (Wildman–Crippen LogP) is -1.54. The molecule has 0 heterocycles. The Morgan fingerprint density at radius 3 is 2.40 bits per heavy atom. The zero-order valence-electron chi connectivity index (χ0n) is 12.9. The number of nitrogens with one attached hydrogen (secondary N) is 1.